The van der Waals surface area contributed by atoms with Crippen molar-refractivity contribution in [2.24, 2.45) is 5.92 Å². The highest BCUT2D eigenvalue weighted by Crippen LogP contribution is 2.28. The van der Waals surface area contributed by atoms with Crippen molar-refractivity contribution in [3.05, 3.63) is 52.5 Å². The fraction of sp³-hybridized carbons (Fsp3) is 0.476. The molecule has 1 unspecified atom stereocenters. The molecule has 1 N–H and O–H groups in total. The lowest BCUT2D eigenvalue weighted by atomic mass is 9.93. The van der Waals surface area contributed by atoms with Gasteiger partial charge in [0.05, 0.1) is 23.7 Å². The molecule has 1 aromatic heterocycles. The summed E-state index contributed by atoms with van der Waals surface area (Å²) in [5.41, 5.74) is 0.770. The Hall–Kier alpha value is -2.43. The minimum absolute atomic E-state index is 0.0139. The second kappa shape index (κ2) is 7.44. The van der Waals surface area contributed by atoms with Crippen molar-refractivity contribution >= 4 is 16.7 Å². The van der Waals surface area contributed by atoms with Gasteiger partial charge in [-0.3, -0.25) is 9.59 Å². The molecule has 1 atom stereocenters. The molecule has 2 aromatic rings. The molecule has 1 amide bonds. The molecular formula is C21H25N3O2. The van der Waals surface area contributed by atoms with Gasteiger partial charge < -0.3 is 5.32 Å². The van der Waals surface area contributed by atoms with Crippen molar-refractivity contribution in [2.75, 3.05) is 0 Å². The van der Waals surface area contributed by atoms with Crippen LogP contribution in [0.5, 0.6) is 0 Å². The number of hydrogen-bond acceptors (Lipinski definition) is 3. The van der Waals surface area contributed by atoms with Gasteiger partial charge in [0.2, 0.25) is 5.91 Å². The third-order valence-electron chi connectivity index (χ3n) is 5.65. The van der Waals surface area contributed by atoms with Crippen molar-refractivity contribution in [1.29, 1.82) is 0 Å². The molecule has 136 valence electrons. The van der Waals surface area contributed by atoms with Gasteiger partial charge >= 0.3 is 0 Å². The number of nitrogens with zero attached hydrogens (tertiary/aromatic N) is 2. The summed E-state index contributed by atoms with van der Waals surface area (Å²) in [6.07, 6.45) is 11.2. The maximum Gasteiger partial charge on any atom is 0.274 e. The standard InChI is InChI=1S/C21H25N3O2/c25-20(15-8-2-1-3-9-15)22-14-19-17-12-6-7-13-18(17)21(26)24(23-19)16-10-4-5-11-16/h1-2,6-7,12-13,15-16H,3-5,8-11,14H2,(H,22,25). The van der Waals surface area contributed by atoms with Crippen LogP contribution < -0.4 is 10.9 Å². The van der Waals surface area contributed by atoms with Gasteiger partial charge in [-0.1, -0.05) is 43.2 Å². The number of amides is 1. The SMILES string of the molecule is O=C(NCc1nn(C2CCCC2)c(=O)c2ccccc12)C1CC=CCC1. The Balaban J connectivity index is 1.63. The Morgan fingerprint density at radius 3 is 2.62 bits per heavy atom. The molecule has 0 spiro atoms. The Kier molecular flexibility index (Phi) is 4.87. The average Bonchev–Trinajstić information content (AvgIpc) is 3.22. The maximum absolute atomic E-state index is 12.9. The molecule has 2 aliphatic rings. The molecule has 26 heavy (non-hydrogen) atoms. The summed E-state index contributed by atoms with van der Waals surface area (Å²) >= 11 is 0. The lowest BCUT2D eigenvalue weighted by molar-refractivity contribution is -0.125. The zero-order chi connectivity index (χ0) is 17.9. The predicted octanol–water partition coefficient (Wildman–Crippen LogP) is 3.48. The van der Waals surface area contributed by atoms with Crippen molar-refractivity contribution in [3.63, 3.8) is 0 Å². The Morgan fingerprint density at radius 1 is 1.12 bits per heavy atom. The first-order chi connectivity index (χ1) is 12.7. The molecular weight excluding hydrogens is 326 g/mol. The van der Waals surface area contributed by atoms with Crippen LogP contribution in [0, 0.1) is 5.92 Å². The summed E-state index contributed by atoms with van der Waals surface area (Å²) in [5.74, 6) is 0.130. The van der Waals surface area contributed by atoms with E-state index in [1.807, 2.05) is 24.3 Å². The zero-order valence-electron chi connectivity index (χ0n) is 15.0. The van der Waals surface area contributed by atoms with Gasteiger partial charge in [0.1, 0.15) is 0 Å². The molecule has 0 radical (unpaired) electrons. The van der Waals surface area contributed by atoms with Gasteiger partial charge in [-0.15, -0.1) is 0 Å². The number of fused-ring (bicyclic) bond motifs is 1. The van der Waals surface area contributed by atoms with E-state index >= 15 is 0 Å². The third-order valence-corrected chi connectivity index (χ3v) is 5.65. The monoisotopic (exact) mass is 351 g/mol. The number of carbonyl (C=O) groups excluding carboxylic acids is 1. The largest absolute Gasteiger partial charge is 0.350 e. The van der Waals surface area contributed by atoms with E-state index in [0.29, 0.717) is 11.9 Å². The van der Waals surface area contributed by atoms with Crippen molar-refractivity contribution in [1.82, 2.24) is 15.1 Å². The average molecular weight is 351 g/mol. The topological polar surface area (TPSA) is 64.0 Å². The van der Waals surface area contributed by atoms with Crippen molar-refractivity contribution in [3.8, 4) is 0 Å². The predicted molar refractivity (Wildman–Crippen MR) is 102 cm³/mol. The second-order valence-corrected chi connectivity index (χ2v) is 7.38. The smallest absolute Gasteiger partial charge is 0.274 e. The van der Waals surface area contributed by atoms with E-state index in [-0.39, 0.29) is 23.4 Å². The minimum atomic E-state index is -0.0139. The van der Waals surface area contributed by atoms with E-state index in [0.717, 1.165) is 56.0 Å². The van der Waals surface area contributed by atoms with E-state index in [9.17, 15) is 9.59 Å². The van der Waals surface area contributed by atoms with Crippen LogP contribution in [0.4, 0.5) is 0 Å². The van der Waals surface area contributed by atoms with Crippen LogP contribution in [0.3, 0.4) is 0 Å². The normalized spacial score (nSPS) is 20.5. The first-order valence-electron chi connectivity index (χ1n) is 9.67. The van der Waals surface area contributed by atoms with E-state index in [1.165, 1.54) is 0 Å². The van der Waals surface area contributed by atoms with Gasteiger partial charge in [-0.05, 0) is 38.2 Å². The summed E-state index contributed by atoms with van der Waals surface area (Å²) in [6.45, 7) is 0.368. The number of aromatic nitrogens is 2. The number of hydrogen-bond donors (Lipinski definition) is 1. The second-order valence-electron chi connectivity index (χ2n) is 7.38. The highest BCUT2D eigenvalue weighted by atomic mass is 16.2. The van der Waals surface area contributed by atoms with Crippen LogP contribution in [0.25, 0.3) is 10.8 Å². The molecule has 4 rings (SSSR count). The zero-order valence-corrected chi connectivity index (χ0v) is 15.0. The molecule has 1 saturated carbocycles. The maximum atomic E-state index is 12.9. The molecule has 5 nitrogen and oxygen atoms in total. The van der Waals surface area contributed by atoms with Gasteiger partial charge in [-0.25, -0.2) is 4.68 Å². The quantitative estimate of drug-likeness (QED) is 0.858. The van der Waals surface area contributed by atoms with E-state index in [1.54, 1.807) is 4.68 Å². The minimum Gasteiger partial charge on any atom is -0.350 e. The van der Waals surface area contributed by atoms with Crippen LogP contribution in [-0.4, -0.2) is 15.7 Å². The number of allylic oxidation sites excluding steroid dienone is 2. The lowest BCUT2D eigenvalue weighted by Gasteiger charge is -2.19. The van der Waals surface area contributed by atoms with Crippen LogP contribution >= 0.6 is 0 Å². The Morgan fingerprint density at radius 2 is 1.88 bits per heavy atom. The van der Waals surface area contributed by atoms with Crippen molar-refractivity contribution < 1.29 is 4.79 Å². The van der Waals surface area contributed by atoms with Crippen LogP contribution in [-0.2, 0) is 11.3 Å². The van der Waals surface area contributed by atoms with Crippen LogP contribution in [0.1, 0.15) is 56.7 Å². The summed E-state index contributed by atoms with van der Waals surface area (Å²) < 4.78 is 1.67. The van der Waals surface area contributed by atoms with E-state index in [4.69, 9.17) is 0 Å². The molecule has 1 heterocycles. The van der Waals surface area contributed by atoms with Crippen molar-refractivity contribution in [2.45, 2.75) is 57.5 Å². The van der Waals surface area contributed by atoms with Gasteiger partial charge in [-0.2, -0.15) is 5.10 Å². The first-order valence-corrected chi connectivity index (χ1v) is 9.67. The molecule has 1 aromatic carbocycles. The first kappa shape index (κ1) is 17.0. The van der Waals surface area contributed by atoms with E-state index < -0.39 is 0 Å². The molecule has 1 fully saturated rings. The Bertz CT molecular complexity index is 894. The summed E-state index contributed by atoms with van der Waals surface area (Å²) in [4.78, 5) is 25.3. The number of carbonyl (C=O) groups is 1. The molecule has 0 aliphatic heterocycles. The van der Waals surface area contributed by atoms with Gasteiger partial charge in [0.25, 0.3) is 5.56 Å². The van der Waals surface area contributed by atoms with E-state index in [2.05, 4.69) is 22.6 Å². The molecule has 0 saturated heterocycles. The fourth-order valence-electron chi connectivity index (χ4n) is 4.15. The Labute approximate surface area is 153 Å². The summed E-state index contributed by atoms with van der Waals surface area (Å²) in [7, 11) is 0. The third kappa shape index (κ3) is 3.30. The highest BCUT2D eigenvalue weighted by Gasteiger charge is 2.22. The highest BCUT2D eigenvalue weighted by molar-refractivity contribution is 5.84. The summed E-state index contributed by atoms with van der Waals surface area (Å²) in [5, 5.41) is 9.26. The van der Waals surface area contributed by atoms with Crippen LogP contribution in [0.15, 0.2) is 41.2 Å². The molecule has 2 aliphatic carbocycles. The number of benzene rings is 1. The number of nitrogens with one attached hydrogen (secondary N) is 1. The van der Waals surface area contributed by atoms with Gasteiger partial charge in [0.15, 0.2) is 0 Å². The summed E-state index contributed by atoms with van der Waals surface area (Å²) in [6, 6.07) is 7.78. The van der Waals surface area contributed by atoms with Gasteiger partial charge in [0, 0.05) is 11.3 Å². The molecule has 5 heteroatoms. The fourth-order valence-corrected chi connectivity index (χ4v) is 4.15. The molecule has 0 bridgehead atoms. The van der Waals surface area contributed by atoms with Crippen LogP contribution in [0.2, 0.25) is 0 Å². The number of rotatable bonds is 4. The lowest BCUT2D eigenvalue weighted by Crippen LogP contribution is -2.33.